The van der Waals surface area contributed by atoms with Gasteiger partial charge in [-0.05, 0) is 24.1 Å². The predicted octanol–water partition coefficient (Wildman–Crippen LogP) is 2.07. The van der Waals surface area contributed by atoms with Crippen molar-refractivity contribution in [1.82, 2.24) is 4.90 Å². The number of benzene rings is 1. The first-order chi connectivity index (χ1) is 8.46. The average Bonchev–Trinajstić information content (AvgIpc) is 2.67. The van der Waals surface area contributed by atoms with Crippen molar-refractivity contribution < 1.29 is 13.6 Å². The Bertz CT molecular complexity index is 448. The minimum absolute atomic E-state index is 0.156. The third kappa shape index (κ3) is 3.18. The van der Waals surface area contributed by atoms with Crippen LogP contribution in [0, 0.1) is 0 Å². The monoisotopic (exact) mass is 254 g/mol. The van der Waals surface area contributed by atoms with Gasteiger partial charge in [-0.3, -0.25) is 4.79 Å². The zero-order chi connectivity index (χ0) is 13.2. The van der Waals surface area contributed by atoms with E-state index in [4.69, 9.17) is 5.73 Å². The molecular formula is C13H16F2N2O. The van der Waals surface area contributed by atoms with E-state index in [1.165, 1.54) is 4.90 Å². The molecule has 1 aromatic rings. The highest BCUT2D eigenvalue weighted by Gasteiger charge is 2.39. The molecular weight excluding hydrogens is 238 g/mol. The first-order valence-electron chi connectivity index (χ1n) is 5.96. The van der Waals surface area contributed by atoms with Crippen LogP contribution in [0.1, 0.15) is 18.4 Å². The molecule has 3 nitrogen and oxygen atoms in total. The van der Waals surface area contributed by atoms with E-state index in [-0.39, 0.29) is 25.3 Å². The Labute approximate surface area is 105 Å². The Kier molecular flexibility index (Phi) is 3.50. The summed E-state index contributed by atoms with van der Waals surface area (Å²) >= 11 is 0. The predicted molar refractivity (Wildman–Crippen MR) is 65.3 cm³/mol. The van der Waals surface area contributed by atoms with Gasteiger partial charge in [-0.25, -0.2) is 8.78 Å². The number of aryl methyl sites for hydroxylation is 1. The summed E-state index contributed by atoms with van der Waals surface area (Å²) in [5, 5.41) is 0. The highest BCUT2D eigenvalue weighted by atomic mass is 19.3. The number of alkyl halides is 2. The standard InChI is InChI=1S/C13H16F2N2O/c14-13(15)6-7-17(9-13)12(18)5-4-10-2-1-3-11(16)8-10/h1-3,8H,4-7,9,16H2. The smallest absolute Gasteiger partial charge is 0.267 e. The molecule has 1 aliphatic heterocycles. The molecule has 0 aromatic heterocycles. The van der Waals surface area contributed by atoms with E-state index in [2.05, 4.69) is 0 Å². The number of amides is 1. The molecule has 0 unspecified atom stereocenters. The molecule has 0 aliphatic carbocycles. The molecule has 1 saturated heterocycles. The first-order valence-corrected chi connectivity index (χ1v) is 5.96. The Hall–Kier alpha value is -1.65. The van der Waals surface area contributed by atoms with E-state index in [9.17, 15) is 13.6 Å². The molecule has 1 fully saturated rings. The molecule has 18 heavy (non-hydrogen) atoms. The van der Waals surface area contributed by atoms with E-state index >= 15 is 0 Å². The van der Waals surface area contributed by atoms with Crippen molar-refractivity contribution in [3.63, 3.8) is 0 Å². The van der Waals surface area contributed by atoms with Crippen molar-refractivity contribution in [3.8, 4) is 0 Å². The number of nitrogen functional groups attached to an aromatic ring is 1. The van der Waals surface area contributed by atoms with Crippen LogP contribution in [-0.2, 0) is 11.2 Å². The molecule has 1 aliphatic rings. The van der Waals surface area contributed by atoms with Crippen LogP contribution in [0.25, 0.3) is 0 Å². The lowest BCUT2D eigenvalue weighted by atomic mass is 10.1. The summed E-state index contributed by atoms with van der Waals surface area (Å²) in [6.45, 7) is -0.286. The first kappa shape index (κ1) is 12.8. The Morgan fingerprint density at radius 3 is 2.83 bits per heavy atom. The minimum Gasteiger partial charge on any atom is -0.399 e. The number of nitrogens with two attached hydrogens (primary N) is 1. The highest BCUT2D eigenvalue weighted by Crippen LogP contribution is 2.27. The molecule has 0 radical (unpaired) electrons. The van der Waals surface area contributed by atoms with Gasteiger partial charge in [0, 0.05) is 25.1 Å². The van der Waals surface area contributed by atoms with Gasteiger partial charge in [0.1, 0.15) is 0 Å². The summed E-state index contributed by atoms with van der Waals surface area (Å²) in [6, 6.07) is 7.26. The molecule has 0 atom stereocenters. The number of hydrogen-bond acceptors (Lipinski definition) is 2. The van der Waals surface area contributed by atoms with E-state index < -0.39 is 12.5 Å². The third-order valence-electron chi connectivity index (χ3n) is 3.10. The molecule has 98 valence electrons. The van der Waals surface area contributed by atoms with Crippen molar-refractivity contribution in [3.05, 3.63) is 29.8 Å². The van der Waals surface area contributed by atoms with Gasteiger partial charge in [0.25, 0.3) is 5.92 Å². The number of likely N-dealkylation sites (tertiary alicyclic amines) is 1. The summed E-state index contributed by atoms with van der Waals surface area (Å²) in [6.07, 6.45) is 0.558. The number of nitrogens with zero attached hydrogens (tertiary/aromatic N) is 1. The number of anilines is 1. The molecule has 0 saturated carbocycles. The third-order valence-corrected chi connectivity index (χ3v) is 3.10. The van der Waals surface area contributed by atoms with E-state index in [1.807, 2.05) is 12.1 Å². The van der Waals surface area contributed by atoms with E-state index in [1.54, 1.807) is 12.1 Å². The van der Waals surface area contributed by atoms with Crippen molar-refractivity contribution in [2.75, 3.05) is 18.8 Å². The maximum atomic E-state index is 13.0. The van der Waals surface area contributed by atoms with Gasteiger partial charge in [0.2, 0.25) is 5.91 Å². The lowest BCUT2D eigenvalue weighted by Crippen LogP contribution is -2.31. The summed E-state index contributed by atoms with van der Waals surface area (Å²) in [5.74, 6) is -2.93. The topological polar surface area (TPSA) is 46.3 Å². The average molecular weight is 254 g/mol. The van der Waals surface area contributed by atoms with Crippen LogP contribution in [0.5, 0.6) is 0 Å². The van der Waals surface area contributed by atoms with Gasteiger partial charge >= 0.3 is 0 Å². The highest BCUT2D eigenvalue weighted by molar-refractivity contribution is 5.76. The fourth-order valence-electron chi connectivity index (χ4n) is 2.11. The molecule has 1 heterocycles. The van der Waals surface area contributed by atoms with Crippen LogP contribution < -0.4 is 5.73 Å². The van der Waals surface area contributed by atoms with Crippen LogP contribution in [0.4, 0.5) is 14.5 Å². The second kappa shape index (κ2) is 4.92. The van der Waals surface area contributed by atoms with Crippen LogP contribution in [0.2, 0.25) is 0 Å². The quantitative estimate of drug-likeness (QED) is 0.839. The van der Waals surface area contributed by atoms with Crippen LogP contribution in [0.3, 0.4) is 0 Å². The zero-order valence-electron chi connectivity index (χ0n) is 10.0. The zero-order valence-corrected chi connectivity index (χ0v) is 10.0. The van der Waals surface area contributed by atoms with Crippen molar-refractivity contribution in [2.45, 2.75) is 25.2 Å². The number of halogens is 2. The van der Waals surface area contributed by atoms with Crippen LogP contribution in [-0.4, -0.2) is 29.8 Å². The summed E-state index contributed by atoms with van der Waals surface area (Å²) in [4.78, 5) is 13.0. The summed E-state index contributed by atoms with van der Waals surface area (Å²) in [7, 11) is 0. The lowest BCUT2D eigenvalue weighted by molar-refractivity contribution is -0.131. The maximum Gasteiger partial charge on any atom is 0.267 e. The van der Waals surface area contributed by atoms with Gasteiger partial charge in [-0.2, -0.15) is 0 Å². The number of carbonyl (C=O) groups excluding carboxylic acids is 1. The number of hydrogen-bond donors (Lipinski definition) is 1. The fourth-order valence-corrected chi connectivity index (χ4v) is 2.11. The summed E-state index contributed by atoms with van der Waals surface area (Å²) in [5.41, 5.74) is 7.23. The Morgan fingerprint density at radius 2 is 2.22 bits per heavy atom. The fraction of sp³-hybridized carbons (Fsp3) is 0.462. The van der Waals surface area contributed by atoms with Crippen molar-refractivity contribution in [1.29, 1.82) is 0 Å². The maximum absolute atomic E-state index is 13.0. The van der Waals surface area contributed by atoms with Crippen molar-refractivity contribution in [2.24, 2.45) is 0 Å². The second-order valence-corrected chi connectivity index (χ2v) is 4.67. The molecule has 5 heteroatoms. The molecule has 2 rings (SSSR count). The number of rotatable bonds is 3. The van der Waals surface area contributed by atoms with E-state index in [0.29, 0.717) is 12.1 Å². The largest absolute Gasteiger partial charge is 0.399 e. The van der Waals surface area contributed by atoms with Crippen molar-refractivity contribution >= 4 is 11.6 Å². The van der Waals surface area contributed by atoms with Crippen LogP contribution >= 0.6 is 0 Å². The van der Waals surface area contributed by atoms with Gasteiger partial charge in [0.15, 0.2) is 0 Å². The number of carbonyl (C=O) groups is 1. The van der Waals surface area contributed by atoms with Gasteiger partial charge in [-0.1, -0.05) is 12.1 Å². The molecule has 1 aromatic carbocycles. The van der Waals surface area contributed by atoms with Crippen LogP contribution in [0.15, 0.2) is 24.3 Å². The van der Waals surface area contributed by atoms with Gasteiger partial charge < -0.3 is 10.6 Å². The van der Waals surface area contributed by atoms with E-state index in [0.717, 1.165) is 5.56 Å². The normalized spacial score (nSPS) is 18.0. The molecule has 2 N–H and O–H groups in total. The summed E-state index contributed by atoms with van der Waals surface area (Å²) < 4.78 is 25.9. The molecule has 0 spiro atoms. The SMILES string of the molecule is Nc1cccc(CCC(=O)N2CCC(F)(F)C2)c1. The van der Waals surface area contributed by atoms with Gasteiger partial charge in [0.05, 0.1) is 6.54 Å². The van der Waals surface area contributed by atoms with Gasteiger partial charge in [-0.15, -0.1) is 0 Å². The minimum atomic E-state index is -2.72. The molecule has 0 bridgehead atoms. The Morgan fingerprint density at radius 1 is 1.44 bits per heavy atom. The molecule has 1 amide bonds. The Balaban J connectivity index is 1.86. The second-order valence-electron chi connectivity index (χ2n) is 4.67. The lowest BCUT2D eigenvalue weighted by Gasteiger charge is -2.15.